The lowest BCUT2D eigenvalue weighted by atomic mass is 10.2. The highest BCUT2D eigenvalue weighted by atomic mass is 16.5. The van der Waals surface area contributed by atoms with Crippen LogP contribution >= 0.6 is 0 Å². The minimum Gasteiger partial charge on any atom is -0.491 e. The van der Waals surface area contributed by atoms with Gasteiger partial charge in [0.25, 0.3) is 11.5 Å². The fourth-order valence-corrected chi connectivity index (χ4v) is 2.54. The summed E-state index contributed by atoms with van der Waals surface area (Å²) in [6.45, 7) is 1.00. The zero-order valence-corrected chi connectivity index (χ0v) is 15.4. The Morgan fingerprint density at radius 2 is 2.15 bits per heavy atom. The topological polar surface area (TPSA) is 118 Å². The molecule has 4 N–H and O–H groups in total. The molecule has 0 radical (unpaired) electrons. The van der Waals surface area contributed by atoms with Crippen molar-refractivity contribution >= 4 is 28.3 Å². The molecule has 0 saturated heterocycles. The molecule has 0 aliphatic rings. The third kappa shape index (κ3) is 4.09. The molecule has 0 bridgehead atoms. The van der Waals surface area contributed by atoms with Gasteiger partial charge in [0, 0.05) is 36.9 Å². The van der Waals surface area contributed by atoms with Gasteiger partial charge in [0.05, 0.1) is 11.1 Å². The lowest BCUT2D eigenvalue weighted by molar-refractivity contribution is 0.102. The third-order valence-corrected chi connectivity index (χ3v) is 4.05. The van der Waals surface area contributed by atoms with Crippen LogP contribution in [0, 0.1) is 0 Å². The second-order valence-corrected chi connectivity index (χ2v) is 6.48. The number of aromatic amines is 1. The number of amides is 1. The Kier molecular flexibility index (Phi) is 5.13. The van der Waals surface area contributed by atoms with Crippen LogP contribution in [0.3, 0.4) is 0 Å². The molecule has 0 unspecified atom stereocenters. The molecule has 0 fully saturated rings. The monoisotopic (exact) mass is 370 g/mol. The first kappa shape index (κ1) is 18.5. The van der Waals surface area contributed by atoms with Crippen LogP contribution in [0.5, 0.6) is 5.75 Å². The molecule has 9 heteroatoms. The normalized spacial score (nSPS) is 11.1. The molecule has 3 aromatic rings. The number of ether oxygens (including phenoxy) is 1. The van der Waals surface area contributed by atoms with Crippen molar-refractivity contribution in [2.45, 2.75) is 0 Å². The molecule has 2 heterocycles. The number of aromatic nitrogens is 3. The maximum Gasteiger partial charge on any atom is 0.262 e. The van der Waals surface area contributed by atoms with E-state index < -0.39 is 5.91 Å². The molecular formula is C18H22N6O3. The van der Waals surface area contributed by atoms with E-state index in [9.17, 15) is 9.59 Å². The molecule has 27 heavy (non-hydrogen) atoms. The van der Waals surface area contributed by atoms with E-state index in [1.54, 1.807) is 25.2 Å². The zero-order valence-electron chi connectivity index (χ0n) is 15.4. The molecule has 1 amide bonds. The van der Waals surface area contributed by atoms with Gasteiger partial charge in [-0.05, 0) is 32.3 Å². The smallest absolute Gasteiger partial charge is 0.262 e. The van der Waals surface area contributed by atoms with Crippen LogP contribution in [0.2, 0.25) is 0 Å². The molecule has 142 valence electrons. The molecule has 0 aliphatic heterocycles. The van der Waals surface area contributed by atoms with Gasteiger partial charge in [-0.15, -0.1) is 0 Å². The molecule has 0 saturated carbocycles. The predicted molar refractivity (Wildman–Crippen MR) is 104 cm³/mol. The van der Waals surface area contributed by atoms with E-state index in [1.807, 2.05) is 19.0 Å². The number of benzene rings is 1. The van der Waals surface area contributed by atoms with E-state index >= 15 is 0 Å². The van der Waals surface area contributed by atoms with Gasteiger partial charge >= 0.3 is 0 Å². The number of likely N-dealkylation sites (N-methyl/N-ethyl adjacent to an activating group) is 1. The van der Waals surface area contributed by atoms with Crippen molar-refractivity contribution < 1.29 is 9.53 Å². The summed E-state index contributed by atoms with van der Waals surface area (Å²) in [5.41, 5.74) is 7.12. The zero-order chi connectivity index (χ0) is 19.6. The van der Waals surface area contributed by atoms with Crippen LogP contribution in [0.25, 0.3) is 10.9 Å². The summed E-state index contributed by atoms with van der Waals surface area (Å²) in [6.07, 6.45) is 1.45. The number of carbonyl (C=O) groups excluding carboxylic acids is 1. The second kappa shape index (κ2) is 7.50. The van der Waals surface area contributed by atoms with Crippen LogP contribution in [0.4, 0.5) is 11.5 Å². The van der Waals surface area contributed by atoms with Gasteiger partial charge in [-0.1, -0.05) is 0 Å². The molecular weight excluding hydrogens is 348 g/mol. The summed E-state index contributed by atoms with van der Waals surface area (Å²) in [4.78, 5) is 26.7. The number of rotatable bonds is 6. The average molecular weight is 370 g/mol. The summed E-state index contributed by atoms with van der Waals surface area (Å²) in [6, 6.07) is 6.57. The van der Waals surface area contributed by atoms with E-state index in [2.05, 4.69) is 15.5 Å². The lowest BCUT2D eigenvalue weighted by Crippen LogP contribution is -2.24. The number of nitrogens with one attached hydrogen (secondary N) is 2. The van der Waals surface area contributed by atoms with Crippen LogP contribution in [0.1, 0.15) is 10.4 Å². The van der Waals surface area contributed by atoms with Gasteiger partial charge in [-0.3, -0.25) is 14.7 Å². The van der Waals surface area contributed by atoms with Crippen molar-refractivity contribution in [1.29, 1.82) is 0 Å². The minimum absolute atomic E-state index is 0.233. The fourth-order valence-electron chi connectivity index (χ4n) is 2.54. The summed E-state index contributed by atoms with van der Waals surface area (Å²) in [7, 11) is 5.40. The van der Waals surface area contributed by atoms with Crippen LogP contribution in [-0.2, 0) is 7.05 Å². The van der Waals surface area contributed by atoms with Gasteiger partial charge in [0.1, 0.15) is 12.4 Å². The summed E-state index contributed by atoms with van der Waals surface area (Å²) < 4.78 is 6.99. The SMILES string of the molecule is CN(C)CCOc1cc(=O)n(C)cc1C(=O)Nc1n[nH]c2ccc(N)cc12. The van der Waals surface area contributed by atoms with Gasteiger partial charge < -0.3 is 25.3 Å². The highest BCUT2D eigenvalue weighted by Crippen LogP contribution is 2.24. The number of nitrogens with zero attached hydrogens (tertiary/aromatic N) is 3. The number of hydrogen-bond donors (Lipinski definition) is 3. The standard InChI is InChI=1S/C18H22N6O3/c1-23(2)6-7-27-15-9-16(25)24(3)10-13(15)18(26)20-17-12-8-11(19)4-5-14(12)21-22-17/h4-5,8-10H,6-7,19H2,1-3H3,(H2,20,21,22,26). The maximum absolute atomic E-state index is 12.8. The fraction of sp³-hybridized carbons (Fsp3) is 0.278. The molecule has 0 spiro atoms. The highest BCUT2D eigenvalue weighted by molar-refractivity contribution is 6.09. The van der Waals surface area contributed by atoms with Crippen molar-refractivity contribution in [2.24, 2.45) is 7.05 Å². The Morgan fingerprint density at radius 3 is 2.89 bits per heavy atom. The number of anilines is 2. The Balaban J connectivity index is 1.89. The number of aryl methyl sites for hydroxylation is 1. The highest BCUT2D eigenvalue weighted by Gasteiger charge is 2.17. The van der Waals surface area contributed by atoms with Crippen molar-refractivity contribution in [3.05, 3.63) is 46.4 Å². The summed E-state index contributed by atoms with van der Waals surface area (Å²) in [5, 5.41) is 10.4. The second-order valence-electron chi connectivity index (χ2n) is 6.48. The number of hydrogen-bond acceptors (Lipinski definition) is 6. The number of H-pyrrole nitrogens is 1. The Hall–Kier alpha value is -3.33. The number of pyridine rings is 1. The van der Waals surface area contributed by atoms with Gasteiger partial charge in [-0.2, -0.15) is 5.10 Å². The Morgan fingerprint density at radius 1 is 1.37 bits per heavy atom. The average Bonchev–Trinajstić information content (AvgIpc) is 2.99. The van der Waals surface area contributed by atoms with E-state index in [4.69, 9.17) is 10.5 Å². The third-order valence-electron chi connectivity index (χ3n) is 4.05. The van der Waals surface area contributed by atoms with Gasteiger partial charge in [0.15, 0.2) is 5.82 Å². The Labute approximate surface area is 155 Å². The van der Waals surface area contributed by atoms with Crippen LogP contribution in [-0.4, -0.2) is 52.8 Å². The van der Waals surface area contributed by atoms with E-state index in [-0.39, 0.29) is 16.9 Å². The molecule has 3 rings (SSSR count). The van der Waals surface area contributed by atoms with Crippen molar-refractivity contribution in [2.75, 3.05) is 38.3 Å². The van der Waals surface area contributed by atoms with E-state index in [1.165, 1.54) is 16.8 Å². The minimum atomic E-state index is -0.429. The van der Waals surface area contributed by atoms with Crippen LogP contribution in [0.15, 0.2) is 35.3 Å². The van der Waals surface area contributed by atoms with E-state index in [0.29, 0.717) is 30.0 Å². The molecule has 0 atom stereocenters. The summed E-state index contributed by atoms with van der Waals surface area (Å²) >= 11 is 0. The maximum atomic E-state index is 12.8. The van der Waals surface area contributed by atoms with Crippen molar-refractivity contribution in [3.8, 4) is 5.75 Å². The van der Waals surface area contributed by atoms with Gasteiger partial charge in [0.2, 0.25) is 0 Å². The van der Waals surface area contributed by atoms with Crippen LogP contribution < -0.4 is 21.3 Å². The lowest BCUT2D eigenvalue weighted by Gasteiger charge is -2.14. The molecule has 0 aliphatic carbocycles. The largest absolute Gasteiger partial charge is 0.491 e. The summed E-state index contributed by atoms with van der Waals surface area (Å²) in [5.74, 6) is 0.161. The van der Waals surface area contributed by atoms with E-state index in [0.717, 1.165) is 5.52 Å². The number of nitrogens with two attached hydrogens (primary N) is 1. The quantitative estimate of drug-likeness (QED) is 0.558. The first-order valence-corrected chi connectivity index (χ1v) is 8.38. The number of nitrogen functional groups attached to an aromatic ring is 1. The van der Waals surface area contributed by atoms with Crippen molar-refractivity contribution in [1.82, 2.24) is 19.7 Å². The Bertz CT molecular complexity index is 1040. The number of carbonyl (C=O) groups is 1. The first-order valence-electron chi connectivity index (χ1n) is 8.38. The predicted octanol–water partition coefficient (Wildman–Crippen LogP) is 1.04. The molecule has 1 aromatic carbocycles. The van der Waals surface area contributed by atoms with Gasteiger partial charge in [-0.25, -0.2) is 0 Å². The number of fused-ring (bicyclic) bond motifs is 1. The van der Waals surface area contributed by atoms with Crippen molar-refractivity contribution in [3.63, 3.8) is 0 Å². The molecule has 9 nitrogen and oxygen atoms in total. The molecule has 2 aromatic heterocycles. The first-order chi connectivity index (χ1) is 12.8.